The molecule has 2 fully saturated rings. The lowest BCUT2D eigenvalue weighted by Gasteiger charge is -2.39. The summed E-state index contributed by atoms with van der Waals surface area (Å²) in [5.74, 6) is 0. The fraction of sp³-hybridized carbons (Fsp3) is 0.455. The van der Waals surface area contributed by atoms with Gasteiger partial charge in [-0.3, -0.25) is 9.78 Å². The summed E-state index contributed by atoms with van der Waals surface area (Å²) >= 11 is 0. The van der Waals surface area contributed by atoms with E-state index in [0.29, 0.717) is 6.04 Å². The predicted octanol–water partition coefficient (Wildman–Crippen LogP) is 4.12. The maximum Gasteiger partial charge on any atom is 0.214 e. The number of nitrogens with zero attached hydrogens (tertiary/aromatic N) is 3. The van der Waals surface area contributed by atoms with Crippen molar-refractivity contribution in [1.29, 1.82) is 0 Å². The van der Waals surface area contributed by atoms with Gasteiger partial charge in [0.15, 0.2) is 0 Å². The van der Waals surface area contributed by atoms with Gasteiger partial charge in [0.1, 0.15) is 0 Å². The van der Waals surface area contributed by atoms with Crippen LogP contribution < -0.4 is 4.90 Å². The molecule has 1 aliphatic carbocycles. The van der Waals surface area contributed by atoms with E-state index in [4.69, 9.17) is 0 Å². The zero-order valence-corrected chi connectivity index (χ0v) is 15.3. The van der Waals surface area contributed by atoms with Gasteiger partial charge in [-0.25, -0.2) is 0 Å². The number of rotatable bonds is 5. The number of piperidine rings is 1. The van der Waals surface area contributed by atoms with Crippen molar-refractivity contribution in [3.63, 3.8) is 0 Å². The maximum absolute atomic E-state index is 11.8. The number of carbonyl (C=O) groups excluding carboxylic acids is 1. The summed E-state index contributed by atoms with van der Waals surface area (Å²) in [6.07, 6.45) is 12.3. The highest BCUT2D eigenvalue weighted by Crippen LogP contribution is 2.29. The van der Waals surface area contributed by atoms with Crippen LogP contribution >= 0.6 is 0 Å². The van der Waals surface area contributed by atoms with Crippen molar-refractivity contribution >= 4 is 12.1 Å². The maximum atomic E-state index is 11.8. The molecule has 136 valence electrons. The number of likely N-dealkylation sites (tertiary alicyclic amines) is 1. The van der Waals surface area contributed by atoms with Crippen molar-refractivity contribution in [3.05, 3.63) is 48.8 Å². The van der Waals surface area contributed by atoms with Gasteiger partial charge in [-0.05, 0) is 55.0 Å². The quantitative estimate of drug-likeness (QED) is 0.762. The summed E-state index contributed by atoms with van der Waals surface area (Å²) in [5.41, 5.74) is 3.22. The van der Waals surface area contributed by atoms with Crippen LogP contribution in [0, 0.1) is 0 Å². The van der Waals surface area contributed by atoms with Crippen molar-refractivity contribution < 1.29 is 4.79 Å². The molecular formula is C22H27N3O. The van der Waals surface area contributed by atoms with Crippen molar-refractivity contribution in [2.24, 2.45) is 0 Å². The monoisotopic (exact) mass is 349 g/mol. The van der Waals surface area contributed by atoms with Crippen molar-refractivity contribution in [3.8, 4) is 11.1 Å². The molecule has 2 aliphatic rings. The van der Waals surface area contributed by atoms with Crippen LogP contribution in [0.4, 0.5) is 5.69 Å². The molecule has 0 atom stereocenters. The van der Waals surface area contributed by atoms with Crippen LogP contribution in [-0.2, 0) is 4.79 Å². The molecule has 2 heterocycles. The number of carbonyl (C=O) groups is 1. The smallest absolute Gasteiger partial charge is 0.214 e. The van der Waals surface area contributed by atoms with E-state index in [2.05, 4.69) is 40.2 Å². The summed E-state index contributed by atoms with van der Waals surface area (Å²) in [7, 11) is 0. The van der Waals surface area contributed by atoms with Crippen LogP contribution in [0.15, 0.2) is 48.8 Å². The molecule has 1 amide bonds. The molecular weight excluding hydrogens is 322 g/mol. The summed E-state index contributed by atoms with van der Waals surface area (Å²) < 4.78 is 0. The normalized spacial score (nSPS) is 19.5. The fourth-order valence-corrected chi connectivity index (χ4v) is 4.52. The lowest BCUT2D eigenvalue weighted by atomic mass is 10.00. The van der Waals surface area contributed by atoms with E-state index in [1.54, 1.807) is 6.20 Å². The highest BCUT2D eigenvalue weighted by Gasteiger charge is 2.29. The highest BCUT2D eigenvalue weighted by atomic mass is 16.1. The Kier molecular flexibility index (Phi) is 5.30. The molecule has 2 aromatic rings. The number of aromatic nitrogens is 1. The molecule has 1 aromatic heterocycles. The summed E-state index contributed by atoms with van der Waals surface area (Å²) in [6, 6.07) is 13.4. The second-order valence-corrected chi connectivity index (χ2v) is 7.51. The molecule has 4 nitrogen and oxygen atoms in total. The van der Waals surface area contributed by atoms with E-state index in [1.807, 2.05) is 17.2 Å². The first kappa shape index (κ1) is 17.2. The molecule has 0 N–H and O–H groups in total. The Labute approximate surface area is 155 Å². The minimum absolute atomic E-state index is 0.314. The molecule has 1 saturated carbocycles. The van der Waals surface area contributed by atoms with E-state index in [1.165, 1.54) is 25.7 Å². The Balaban J connectivity index is 1.42. The summed E-state index contributed by atoms with van der Waals surface area (Å²) in [6.45, 7) is 2.24. The number of hydrogen-bond donors (Lipinski definition) is 0. The van der Waals surface area contributed by atoms with Gasteiger partial charge >= 0.3 is 0 Å². The van der Waals surface area contributed by atoms with Crippen LogP contribution in [0.5, 0.6) is 0 Å². The van der Waals surface area contributed by atoms with Gasteiger partial charge in [0.25, 0.3) is 0 Å². The Morgan fingerprint density at radius 2 is 1.69 bits per heavy atom. The second kappa shape index (κ2) is 8.00. The molecule has 4 rings (SSSR count). The molecule has 26 heavy (non-hydrogen) atoms. The van der Waals surface area contributed by atoms with E-state index in [9.17, 15) is 4.79 Å². The third kappa shape index (κ3) is 3.65. The Morgan fingerprint density at radius 3 is 2.31 bits per heavy atom. The molecule has 0 unspecified atom stereocenters. The van der Waals surface area contributed by atoms with Gasteiger partial charge in [0.2, 0.25) is 6.41 Å². The number of benzene rings is 1. The standard InChI is InChI=1S/C22H27N3O/c26-17-25(22-11-14-24(15-12-22)20-5-1-2-6-20)21-9-7-18(8-10-21)19-4-3-13-23-16-19/h3-4,7-10,13,16-17,20,22H,1-2,5-6,11-12,14-15H2. The minimum atomic E-state index is 0.314. The molecule has 0 spiro atoms. The first-order valence-electron chi connectivity index (χ1n) is 9.83. The third-order valence-corrected chi connectivity index (χ3v) is 6.01. The fourth-order valence-electron chi connectivity index (χ4n) is 4.52. The molecule has 1 saturated heterocycles. The third-order valence-electron chi connectivity index (χ3n) is 6.01. The highest BCUT2D eigenvalue weighted by molar-refractivity contribution is 5.77. The Bertz CT molecular complexity index is 702. The first-order valence-corrected chi connectivity index (χ1v) is 9.83. The topological polar surface area (TPSA) is 36.4 Å². The summed E-state index contributed by atoms with van der Waals surface area (Å²) in [4.78, 5) is 20.6. The van der Waals surface area contributed by atoms with Crippen molar-refractivity contribution in [2.45, 2.75) is 50.6 Å². The SMILES string of the molecule is O=CN(c1ccc(-c2cccnc2)cc1)C1CCN(C2CCCC2)CC1. The predicted molar refractivity (Wildman–Crippen MR) is 105 cm³/mol. The van der Waals surface area contributed by atoms with Gasteiger partial charge in [-0.1, -0.05) is 31.0 Å². The number of hydrogen-bond acceptors (Lipinski definition) is 3. The van der Waals surface area contributed by atoms with E-state index in [-0.39, 0.29) is 0 Å². The van der Waals surface area contributed by atoms with Crippen LogP contribution in [0.3, 0.4) is 0 Å². The zero-order valence-electron chi connectivity index (χ0n) is 15.3. The number of amides is 1. The van der Waals surface area contributed by atoms with Crippen molar-refractivity contribution in [2.75, 3.05) is 18.0 Å². The van der Waals surface area contributed by atoms with Gasteiger partial charge in [-0.2, -0.15) is 0 Å². The van der Waals surface area contributed by atoms with Crippen LogP contribution in [0.1, 0.15) is 38.5 Å². The molecule has 0 radical (unpaired) electrons. The Morgan fingerprint density at radius 1 is 0.962 bits per heavy atom. The van der Waals surface area contributed by atoms with Gasteiger partial charge < -0.3 is 9.80 Å². The average molecular weight is 349 g/mol. The lowest BCUT2D eigenvalue weighted by Crippen LogP contribution is -2.47. The second-order valence-electron chi connectivity index (χ2n) is 7.51. The van der Waals surface area contributed by atoms with Crippen LogP contribution in [-0.4, -0.2) is 41.5 Å². The van der Waals surface area contributed by atoms with Gasteiger partial charge in [0.05, 0.1) is 0 Å². The lowest BCUT2D eigenvalue weighted by molar-refractivity contribution is -0.108. The first-order chi connectivity index (χ1) is 12.8. The molecule has 0 bridgehead atoms. The summed E-state index contributed by atoms with van der Waals surface area (Å²) in [5, 5.41) is 0. The van der Waals surface area contributed by atoms with Crippen LogP contribution in [0.25, 0.3) is 11.1 Å². The van der Waals surface area contributed by atoms with Crippen LogP contribution in [0.2, 0.25) is 0 Å². The zero-order chi connectivity index (χ0) is 17.8. The molecule has 1 aliphatic heterocycles. The minimum Gasteiger partial charge on any atom is -0.312 e. The number of pyridine rings is 1. The largest absolute Gasteiger partial charge is 0.312 e. The van der Waals surface area contributed by atoms with E-state index in [0.717, 1.165) is 55.2 Å². The molecule has 1 aromatic carbocycles. The van der Waals surface area contributed by atoms with Gasteiger partial charge in [0, 0.05) is 43.3 Å². The average Bonchev–Trinajstić information content (AvgIpc) is 3.25. The van der Waals surface area contributed by atoms with E-state index >= 15 is 0 Å². The Hall–Kier alpha value is -2.20. The number of anilines is 1. The molecule has 4 heteroatoms. The van der Waals surface area contributed by atoms with E-state index < -0.39 is 0 Å². The van der Waals surface area contributed by atoms with Gasteiger partial charge in [-0.15, -0.1) is 0 Å². The van der Waals surface area contributed by atoms with Crippen molar-refractivity contribution in [1.82, 2.24) is 9.88 Å².